The highest BCUT2D eigenvalue weighted by molar-refractivity contribution is 5.92. The third-order valence-electron chi connectivity index (χ3n) is 6.46. The lowest BCUT2D eigenvalue weighted by atomic mass is 9.92. The van der Waals surface area contributed by atoms with E-state index in [2.05, 4.69) is 119 Å². The Morgan fingerprint density at radius 1 is 0.884 bits per heavy atom. The number of fused-ring (bicyclic) bond motifs is 1. The summed E-state index contributed by atoms with van der Waals surface area (Å²) in [6.07, 6.45) is 5.00. The molecule has 2 heterocycles. The van der Waals surface area contributed by atoms with Crippen molar-refractivity contribution in [3.05, 3.63) is 126 Å². The quantitative estimate of drug-likeness (QED) is 0.211. The Hall–Kier alpha value is -4.53. The maximum absolute atomic E-state index is 9.55. The summed E-state index contributed by atoms with van der Waals surface area (Å²) in [5.74, 6) is -1.01. The molecule has 3 aromatic carbocycles. The molecule has 0 saturated carbocycles. The minimum absolute atomic E-state index is 0. The molecule has 226 valence electrons. The van der Waals surface area contributed by atoms with E-state index in [-0.39, 0.29) is 12.4 Å². The maximum Gasteiger partial charge on any atom is 0.328 e. The normalized spacial score (nSPS) is 12.6. The Balaban J connectivity index is 0.000000239. The van der Waals surface area contributed by atoms with Crippen molar-refractivity contribution in [2.45, 2.75) is 18.8 Å². The number of aliphatic carboxylic acids is 2. The Labute approximate surface area is 259 Å². The Morgan fingerprint density at radius 2 is 1.53 bits per heavy atom. The van der Waals surface area contributed by atoms with Gasteiger partial charge >= 0.3 is 11.9 Å². The number of pyridine rings is 1. The summed E-state index contributed by atoms with van der Waals surface area (Å²) in [4.78, 5) is 30.3. The van der Waals surface area contributed by atoms with Gasteiger partial charge in [0.25, 0.3) is 0 Å². The molecule has 3 N–H and O–H groups in total. The Bertz CT molecular complexity index is 1420. The van der Waals surface area contributed by atoms with Crippen LogP contribution in [0.15, 0.2) is 114 Å². The van der Waals surface area contributed by atoms with Crippen LogP contribution in [-0.2, 0) is 16.0 Å². The molecule has 0 aliphatic carbocycles. The van der Waals surface area contributed by atoms with E-state index in [1.807, 2.05) is 12.3 Å². The fourth-order valence-corrected chi connectivity index (χ4v) is 4.48. The van der Waals surface area contributed by atoms with E-state index < -0.39 is 11.9 Å². The van der Waals surface area contributed by atoms with Crippen molar-refractivity contribution in [3.8, 4) is 0 Å². The highest BCUT2D eigenvalue weighted by Crippen LogP contribution is 2.26. The average molecular weight is 603 g/mol. The van der Waals surface area contributed by atoms with E-state index in [0.717, 1.165) is 44.0 Å². The van der Waals surface area contributed by atoms with Crippen LogP contribution in [0.2, 0.25) is 0 Å². The van der Waals surface area contributed by atoms with Gasteiger partial charge in [-0.1, -0.05) is 78.9 Å². The standard InChI is InChI=1S/C16H20N2.C14H14N2.C4H4O4.ClH/c1-18(2)13-11-15(14-8-4-3-5-9-14)16-10-6-7-12-17-16;1-2-7-13-11(4-1)5-3-6-12(13)10-14-15-8-9-16-14;5-3(6)1-2-4(7)8;/h3-10,12,15H,11,13H2,1-2H3;1-7H,8-10H2,(H,15,16);1-2H,(H,5,6)(H,7,8);1H/b;;2-1+;. The summed E-state index contributed by atoms with van der Waals surface area (Å²) in [7, 11) is 4.22. The second-order valence-electron chi connectivity index (χ2n) is 9.89. The molecule has 0 amide bonds. The Kier molecular flexibility index (Phi) is 15.2. The number of carboxylic acid groups (broad SMARTS) is 2. The van der Waals surface area contributed by atoms with Crippen LogP contribution < -0.4 is 5.32 Å². The summed E-state index contributed by atoms with van der Waals surface area (Å²) < 4.78 is 0. The Morgan fingerprint density at radius 3 is 2.14 bits per heavy atom. The second-order valence-corrected chi connectivity index (χ2v) is 9.89. The van der Waals surface area contributed by atoms with Crippen molar-refractivity contribution in [3.63, 3.8) is 0 Å². The molecule has 0 saturated heterocycles. The van der Waals surface area contributed by atoms with Gasteiger partial charge in [0.15, 0.2) is 0 Å². The fraction of sp³-hybridized carbons (Fsp3) is 0.235. The first-order chi connectivity index (χ1) is 20.3. The number of hydrogen-bond donors (Lipinski definition) is 3. The third kappa shape index (κ3) is 12.5. The van der Waals surface area contributed by atoms with E-state index in [4.69, 9.17) is 10.2 Å². The smallest absolute Gasteiger partial charge is 0.328 e. The number of nitrogens with zero attached hydrogens (tertiary/aromatic N) is 3. The molecule has 5 rings (SSSR count). The lowest BCUT2D eigenvalue weighted by molar-refractivity contribution is -0.134. The summed E-state index contributed by atoms with van der Waals surface area (Å²) in [6.45, 7) is 2.97. The SMILES string of the molecule is CN(C)CCC(c1ccccc1)c1ccccn1.Cl.O=C(O)/C=C/C(=O)O.c1ccc2c(CC3=NCCN3)cccc2c1. The molecule has 1 unspecified atom stereocenters. The van der Waals surface area contributed by atoms with Crippen molar-refractivity contribution < 1.29 is 19.8 Å². The van der Waals surface area contributed by atoms with Gasteiger partial charge < -0.3 is 20.4 Å². The number of aromatic nitrogens is 1. The molecule has 0 spiro atoms. The molecule has 1 aliphatic heterocycles. The van der Waals surface area contributed by atoms with Crippen LogP contribution in [-0.4, -0.2) is 71.6 Å². The largest absolute Gasteiger partial charge is 0.478 e. The molecule has 1 aromatic heterocycles. The highest BCUT2D eigenvalue weighted by Gasteiger charge is 2.15. The van der Waals surface area contributed by atoms with Gasteiger partial charge in [-0.2, -0.15) is 0 Å². The summed E-state index contributed by atoms with van der Waals surface area (Å²) in [5, 5.41) is 21.6. The predicted octanol–water partition coefficient (Wildman–Crippen LogP) is 5.68. The maximum atomic E-state index is 9.55. The van der Waals surface area contributed by atoms with Crippen LogP contribution in [0.4, 0.5) is 0 Å². The lowest BCUT2D eigenvalue weighted by Gasteiger charge is -2.19. The second kappa shape index (κ2) is 18.8. The van der Waals surface area contributed by atoms with Crippen molar-refractivity contribution in [2.24, 2.45) is 4.99 Å². The molecule has 9 heteroatoms. The zero-order chi connectivity index (χ0) is 30.2. The molecule has 43 heavy (non-hydrogen) atoms. The molecule has 8 nitrogen and oxygen atoms in total. The molecule has 0 bridgehead atoms. The molecular formula is C34H39ClN4O4. The van der Waals surface area contributed by atoms with Crippen LogP contribution in [0.25, 0.3) is 10.8 Å². The highest BCUT2D eigenvalue weighted by atomic mass is 35.5. The number of aliphatic imine (C=N–C) groups is 1. The first-order valence-corrected chi connectivity index (χ1v) is 13.8. The van der Waals surface area contributed by atoms with Crippen molar-refractivity contribution in [1.29, 1.82) is 0 Å². The van der Waals surface area contributed by atoms with Crippen LogP contribution in [0.1, 0.15) is 29.2 Å². The van der Waals surface area contributed by atoms with E-state index in [1.54, 1.807) is 0 Å². The zero-order valence-corrected chi connectivity index (χ0v) is 25.3. The van der Waals surface area contributed by atoms with Crippen molar-refractivity contribution in [1.82, 2.24) is 15.2 Å². The van der Waals surface area contributed by atoms with Crippen LogP contribution in [0, 0.1) is 0 Å². The monoisotopic (exact) mass is 602 g/mol. The van der Waals surface area contributed by atoms with Gasteiger partial charge in [-0.05, 0) is 61.1 Å². The van der Waals surface area contributed by atoms with Gasteiger partial charge in [-0.25, -0.2) is 9.59 Å². The van der Waals surface area contributed by atoms with Gasteiger partial charge in [-0.3, -0.25) is 9.98 Å². The van der Waals surface area contributed by atoms with E-state index in [1.165, 1.54) is 21.9 Å². The molecule has 0 fully saturated rings. The first kappa shape index (κ1) is 34.7. The number of carboxylic acids is 2. The first-order valence-electron chi connectivity index (χ1n) is 13.8. The zero-order valence-electron chi connectivity index (χ0n) is 24.5. The minimum atomic E-state index is -1.26. The summed E-state index contributed by atoms with van der Waals surface area (Å²) >= 11 is 0. The van der Waals surface area contributed by atoms with Gasteiger partial charge in [0.1, 0.15) is 5.84 Å². The summed E-state index contributed by atoms with van der Waals surface area (Å²) in [6, 6.07) is 31.8. The van der Waals surface area contributed by atoms with Crippen LogP contribution in [0.3, 0.4) is 0 Å². The molecule has 1 atom stereocenters. The number of hydrogen-bond acceptors (Lipinski definition) is 6. The van der Waals surface area contributed by atoms with Crippen molar-refractivity contribution in [2.75, 3.05) is 33.7 Å². The summed E-state index contributed by atoms with van der Waals surface area (Å²) in [5.41, 5.74) is 3.86. The van der Waals surface area contributed by atoms with Crippen LogP contribution in [0.5, 0.6) is 0 Å². The molecule has 0 radical (unpaired) electrons. The fourth-order valence-electron chi connectivity index (χ4n) is 4.48. The van der Waals surface area contributed by atoms with E-state index in [9.17, 15) is 9.59 Å². The lowest BCUT2D eigenvalue weighted by Crippen LogP contribution is -2.20. The number of amidine groups is 1. The number of carbonyl (C=O) groups is 2. The molecule has 1 aliphatic rings. The minimum Gasteiger partial charge on any atom is -0.478 e. The van der Waals surface area contributed by atoms with Crippen LogP contribution >= 0.6 is 12.4 Å². The van der Waals surface area contributed by atoms with Gasteiger partial charge in [-0.15, -0.1) is 12.4 Å². The number of benzene rings is 3. The molecular weight excluding hydrogens is 564 g/mol. The predicted molar refractivity (Wildman–Crippen MR) is 175 cm³/mol. The topological polar surface area (TPSA) is 115 Å². The number of rotatable bonds is 9. The average Bonchev–Trinajstić information content (AvgIpc) is 3.51. The van der Waals surface area contributed by atoms with E-state index >= 15 is 0 Å². The van der Waals surface area contributed by atoms with Gasteiger partial charge in [0.2, 0.25) is 0 Å². The third-order valence-corrected chi connectivity index (χ3v) is 6.46. The van der Waals surface area contributed by atoms with Crippen molar-refractivity contribution >= 4 is 41.0 Å². The van der Waals surface area contributed by atoms with E-state index in [0.29, 0.717) is 18.1 Å². The van der Waals surface area contributed by atoms with Gasteiger partial charge in [0.05, 0.1) is 6.54 Å². The molecule has 4 aromatic rings. The number of halogens is 1. The van der Waals surface area contributed by atoms with Gasteiger partial charge in [0, 0.05) is 42.9 Å². The number of nitrogens with one attached hydrogen (secondary N) is 1.